The summed E-state index contributed by atoms with van der Waals surface area (Å²) in [6.45, 7) is 2.16. The normalized spacial score (nSPS) is 10.8. The second kappa shape index (κ2) is 9.62. The molecule has 0 spiro atoms. The van der Waals surface area contributed by atoms with Crippen molar-refractivity contribution in [1.82, 2.24) is 9.97 Å². The Balaban J connectivity index is 1.50. The van der Waals surface area contributed by atoms with Crippen LogP contribution in [-0.4, -0.2) is 9.97 Å². The van der Waals surface area contributed by atoms with E-state index in [-0.39, 0.29) is 12.4 Å². The van der Waals surface area contributed by atoms with Crippen LogP contribution >= 0.6 is 11.8 Å². The molecule has 0 aliphatic rings. The van der Waals surface area contributed by atoms with Crippen LogP contribution in [0.15, 0.2) is 84.0 Å². The first-order chi connectivity index (χ1) is 15.1. The first-order valence-electron chi connectivity index (χ1n) is 9.97. The second-order valence-electron chi connectivity index (χ2n) is 7.14. The Labute approximate surface area is 185 Å². The van der Waals surface area contributed by atoms with Gasteiger partial charge in [0.1, 0.15) is 5.82 Å². The van der Waals surface area contributed by atoms with Crippen LogP contribution in [0.1, 0.15) is 17.0 Å². The number of nitrogens with zero attached hydrogens (tertiary/aromatic N) is 2. The van der Waals surface area contributed by atoms with E-state index in [1.807, 2.05) is 55.5 Å². The number of nitrogen functional groups attached to an aromatic ring is 1. The van der Waals surface area contributed by atoms with Gasteiger partial charge in [-0.15, -0.1) is 11.8 Å². The van der Waals surface area contributed by atoms with Gasteiger partial charge in [-0.3, -0.25) is 9.97 Å². The van der Waals surface area contributed by atoms with Crippen LogP contribution in [0.2, 0.25) is 0 Å². The third kappa shape index (κ3) is 5.03. The molecule has 4 aromatic rings. The Morgan fingerprint density at radius 2 is 1.68 bits per heavy atom. The summed E-state index contributed by atoms with van der Waals surface area (Å²) >= 11 is 1.56. The molecule has 31 heavy (non-hydrogen) atoms. The smallest absolute Gasteiger partial charge is 0.147 e. The quantitative estimate of drug-likeness (QED) is 0.348. The standard InChI is InChI=1S/C25H23FN4S/c1-17-24(19-10-6-3-7-11-19)25(22(27)14-28-17)30-15-23-21(26)12-20(13-29-23)31-16-18-8-4-2-5-9-18/h2-14H,15-16,27H2,1H3,(H,28,30). The van der Waals surface area contributed by atoms with Crippen molar-refractivity contribution in [3.05, 3.63) is 102 Å². The average molecular weight is 431 g/mol. The van der Waals surface area contributed by atoms with Crippen molar-refractivity contribution in [1.29, 1.82) is 0 Å². The van der Waals surface area contributed by atoms with Gasteiger partial charge in [0.05, 0.1) is 29.8 Å². The van der Waals surface area contributed by atoms with Crippen molar-refractivity contribution >= 4 is 23.1 Å². The van der Waals surface area contributed by atoms with Crippen LogP contribution in [0.3, 0.4) is 0 Å². The summed E-state index contributed by atoms with van der Waals surface area (Å²) in [4.78, 5) is 9.53. The summed E-state index contributed by atoms with van der Waals surface area (Å²) in [7, 11) is 0. The molecule has 2 heterocycles. The van der Waals surface area contributed by atoms with E-state index in [0.29, 0.717) is 11.4 Å². The van der Waals surface area contributed by atoms with Crippen molar-refractivity contribution < 1.29 is 4.39 Å². The van der Waals surface area contributed by atoms with Crippen molar-refractivity contribution in [3.8, 4) is 11.1 Å². The highest BCUT2D eigenvalue weighted by Gasteiger charge is 2.14. The molecule has 4 nitrogen and oxygen atoms in total. The molecular weight excluding hydrogens is 407 g/mol. The summed E-state index contributed by atoms with van der Waals surface area (Å²) < 4.78 is 14.7. The Hall–Kier alpha value is -3.38. The molecule has 0 fully saturated rings. The molecule has 4 rings (SSSR count). The highest BCUT2D eigenvalue weighted by atomic mass is 32.2. The van der Waals surface area contributed by atoms with Gasteiger partial charge in [0.25, 0.3) is 0 Å². The molecular formula is C25H23FN4S. The van der Waals surface area contributed by atoms with Gasteiger partial charge in [-0.05, 0) is 24.1 Å². The van der Waals surface area contributed by atoms with Gasteiger partial charge in [-0.1, -0.05) is 60.7 Å². The van der Waals surface area contributed by atoms with E-state index in [2.05, 4.69) is 27.4 Å². The van der Waals surface area contributed by atoms with Gasteiger partial charge in [0.15, 0.2) is 0 Å². The molecule has 0 saturated carbocycles. The highest BCUT2D eigenvalue weighted by Crippen LogP contribution is 2.35. The molecule has 0 unspecified atom stereocenters. The lowest BCUT2D eigenvalue weighted by Gasteiger charge is -2.17. The zero-order valence-corrected chi connectivity index (χ0v) is 18.0. The number of aromatic nitrogens is 2. The SMILES string of the molecule is Cc1ncc(N)c(NCc2ncc(SCc3ccccc3)cc2F)c1-c1ccccc1. The predicted octanol–water partition coefficient (Wildman–Crippen LogP) is 6.08. The topological polar surface area (TPSA) is 63.8 Å². The van der Waals surface area contributed by atoms with Crippen LogP contribution in [-0.2, 0) is 12.3 Å². The molecule has 0 aliphatic carbocycles. The van der Waals surface area contributed by atoms with Crippen LogP contribution in [0.4, 0.5) is 15.8 Å². The zero-order valence-electron chi connectivity index (χ0n) is 17.2. The molecule has 0 amide bonds. The highest BCUT2D eigenvalue weighted by molar-refractivity contribution is 7.98. The number of benzene rings is 2. The number of nitrogens with one attached hydrogen (secondary N) is 1. The molecule has 0 aliphatic heterocycles. The van der Waals surface area contributed by atoms with Crippen molar-refractivity contribution in [2.24, 2.45) is 0 Å². The summed E-state index contributed by atoms with van der Waals surface area (Å²) in [5.74, 6) is 0.434. The minimum atomic E-state index is -0.337. The van der Waals surface area contributed by atoms with Gasteiger partial charge in [-0.2, -0.15) is 0 Å². The maximum atomic E-state index is 14.7. The van der Waals surface area contributed by atoms with Gasteiger partial charge >= 0.3 is 0 Å². The minimum Gasteiger partial charge on any atom is -0.396 e. The fraction of sp³-hybridized carbons (Fsp3) is 0.120. The number of thioether (sulfide) groups is 1. The Bertz CT molecular complexity index is 1170. The number of aryl methyl sites for hydroxylation is 1. The lowest BCUT2D eigenvalue weighted by atomic mass is 10.0. The Kier molecular flexibility index (Phi) is 6.48. The van der Waals surface area contributed by atoms with Gasteiger partial charge < -0.3 is 11.1 Å². The molecule has 0 bridgehead atoms. The maximum absolute atomic E-state index is 14.7. The summed E-state index contributed by atoms with van der Waals surface area (Å²) in [6.07, 6.45) is 3.34. The van der Waals surface area contributed by atoms with E-state index in [1.165, 1.54) is 11.6 Å². The molecule has 2 aromatic carbocycles. The van der Waals surface area contributed by atoms with Crippen molar-refractivity contribution in [3.63, 3.8) is 0 Å². The van der Waals surface area contributed by atoms with E-state index in [4.69, 9.17) is 5.73 Å². The molecule has 2 aromatic heterocycles. The molecule has 0 atom stereocenters. The maximum Gasteiger partial charge on any atom is 0.147 e. The largest absolute Gasteiger partial charge is 0.396 e. The van der Waals surface area contributed by atoms with Gasteiger partial charge in [0.2, 0.25) is 0 Å². The van der Waals surface area contributed by atoms with Crippen LogP contribution in [0.5, 0.6) is 0 Å². The average Bonchev–Trinajstić information content (AvgIpc) is 2.80. The zero-order chi connectivity index (χ0) is 21.6. The van der Waals surface area contributed by atoms with Gasteiger partial charge in [0, 0.05) is 28.1 Å². The van der Waals surface area contributed by atoms with Crippen molar-refractivity contribution in [2.45, 2.75) is 24.1 Å². The second-order valence-corrected chi connectivity index (χ2v) is 8.19. The third-order valence-corrected chi connectivity index (χ3v) is 5.97. The number of halogens is 1. The summed E-state index contributed by atoms with van der Waals surface area (Å²) in [5.41, 5.74) is 11.8. The van der Waals surface area contributed by atoms with Crippen LogP contribution in [0, 0.1) is 12.7 Å². The van der Waals surface area contributed by atoms with Crippen molar-refractivity contribution in [2.75, 3.05) is 11.1 Å². The van der Waals surface area contributed by atoms with E-state index in [0.717, 1.165) is 33.2 Å². The van der Waals surface area contributed by atoms with Crippen LogP contribution in [0.25, 0.3) is 11.1 Å². The Morgan fingerprint density at radius 1 is 0.968 bits per heavy atom. The number of pyridine rings is 2. The number of hydrogen-bond acceptors (Lipinski definition) is 5. The minimum absolute atomic E-state index is 0.225. The molecule has 6 heteroatoms. The lowest BCUT2D eigenvalue weighted by molar-refractivity contribution is 0.598. The monoisotopic (exact) mass is 430 g/mol. The Morgan fingerprint density at radius 3 is 2.39 bits per heavy atom. The predicted molar refractivity (Wildman–Crippen MR) is 126 cm³/mol. The van der Waals surface area contributed by atoms with Gasteiger partial charge in [-0.25, -0.2) is 4.39 Å². The number of rotatable bonds is 7. The number of hydrogen-bond donors (Lipinski definition) is 2. The van der Waals surface area contributed by atoms with E-state index in [1.54, 1.807) is 24.2 Å². The third-order valence-electron chi connectivity index (χ3n) is 4.93. The first-order valence-corrected chi connectivity index (χ1v) is 11.0. The van der Waals surface area contributed by atoms with E-state index in [9.17, 15) is 4.39 Å². The fourth-order valence-corrected chi connectivity index (χ4v) is 4.18. The lowest BCUT2D eigenvalue weighted by Crippen LogP contribution is -2.09. The van der Waals surface area contributed by atoms with E-state index < -0.39 is 0 Å². The molecule has 156 valence electrons. The number of anilines is 2. The van der Waals surface area contributed by atoms with Crippen LogP contribution < -0.4 is 11.1 Å². The first kappa shape index (κ1) is 20.9. The summed E-state index contributed by atoms with van der Waals surface area (Å²) in [5, 5.41) is 3.28. The summed E-state index contributed by atoms with van der Waals surface area (Å²) in [6, 6.07) is 21.5. The molecule has 0 radical (unpaired) electrons. The fourth-order valence-electron chi connectivity index (χ4n) is 3.34. The molecule has 3 N–H and O–H groups in total. The molecule has 0 saturated heterocycles. The van der Waals surface area contributed by atoms with E-state index >= 15 is 0 Å². The number of nitrogens with two attached hydrogens (primary N) is 1.